The lowest BCUT2D eigenvalue weighted by Gasteiger charge is -2.19. The quantitative estimate of drug-likeness (QED) is 0.689. The lowest BCUT2D eigenvalue weighted by Crippen LogP contribution is -2.10. The summed E-state index contributed by atoms with van der Waals surface area (Å²) in [5.41, 5.74) is 3.46. The molecule has 0 aliphatic heterocycles. The molecule has 1 aromatic heterocycles. The monoisotopic (exact) mass is 318 g/mol. The summed E-state index contributed by atoms with van der Waals surface area (Å²) >= 11 is 0. The Morgan fingerprint density at radius 2 is 1.25 bits per heavy atom. The van der Waals surface area contributed by atoms with Crippen molar-refractivity contribution >= 4 is 23.0 Å². The van der Waals surface area contributed by atoms with Crippen molar-refractivity contribution in [3.63, 3.8) is 0 Å². The number of benzene rings is 2. The molecule has 2 N–H and O–H groups in total. The van der Waals surface area contributed by atoms with Crippen molar-refractivity contribution in [3.8, 4) is 0 Å². The van der Waals surface area contributed by atoms with Crippen molar-refractivity contribution < 1.29 is 0 Å². The normalized spacial score (nSPS) is 11.1. The molecule has 24 heavy (non-hydrogen) atoms. The molecule has 122 valence electrons. The van der Waals surface area contributed by atoms with Crippen molar-refractivity contribution in [1.82, 2.24) is 9.97 Å². The maximum Gasteiger partial charge on any atom is 0.135 e. The third-order valence-corrected chi connectivity index (χ3v) is 3.74. The molecule has 0 radical (unpaired) electrons. The van der Waals surface area contributed by atoms with Gasteiger partial charge in [-0.15, -0.1) is 0 Å². The molecule has 0 saturated carbocycles. The molecule has 0 saturated heterocycles. The smallest absolute Gasteiger partial charge is 0.135 e. The molecule has 0 atom stereocenters. The van der Waals surface area contributed by atoms with Gasteiger partial charge in [0, 0.05) is 17.4 Å². The zero-order chi connectivity index (χ0) is 17.0. The van der Waals surface area contributed by atoms with Crippen molar-refractivity contribution in [2.45, 2.75) is 26.2 Å². The van der Waals surface area contributed by atoms with Crippen molar-refractivity contribution in [2.75, 3.05) is 10.6 Å². The fourth-order valence-electron chi connectivity index (χ4n) is 2.36. The summed E-state index contributed by atoms with van der Waals surface area (Å²) in [4.78, 5) is 8.55. The first-order chi connectivity index (χ1) is 11.5. The third kappa shape index (κ3) is 4.10. The number of nitrogens with one attached hydrogen (secondary N) is 2. The zero-order valence-electron chi connectivity index (χ0n) is 14.2. The molecule has 0 bridgehead atoms. The fraction of sp³-hybridized carbons (Fsp3) is 0.200. The van der Waals surface area contributed by atoms with Crippen LogP contribution in [0.5, 0.6) is 0 Å². The lowest BCUT2D eigenvalue weighted by molar-refractivity contribution is 0.590. The molecule has 2 aromatic carbocycles. The molecule has 4 heteroatoms. The Morgan fingerprint density at radius 1 is 0.708 bits per heavy atom. The first kappa shape index (κ1) is 16.0. The molecular formula is C20H22N4. The van der Waals surface area contributed by atoms with E-state index in [2.05, 4.69) is 65.6 Å². The van der Waals surface area contributed by atoms with E-state index in [9.17, 15) is 0 Å². The third-order valence-electron chi connectivity index (χ3n) is 3.74. The predicted octanol–water partition coefficient (Wildman–Crippen LogP) is 5.26. The van der Waals surface area contributed by atoms with Gasteiger partial charge >= 0.3 is 0 Å². The van der Waals surface area contributed by atoms with Crippen LogP contribution in [-0.4, -0.2) is 9.97 Å². The Labute approximate surface area is 143 Å². The van der Waals surface area contributed by atoms with Gasteiger partial charge in [0.25, 0.3) is 0 Å². The number of nitrogens with zero attached hydrogens (tertiary/aromatic N) is 2. The molecule has 1 heterocycles. The molecule has 3 aromatic rings. The van der Waals surface area contributed by atoms with Crippen LogP contribution >= 0.6 is 0 Å². The van der Waals surface area contributed by atoms with Crippen LogP contribution in [0.4, 0.5) is 23.0 Å². The molecule has 0 aliphatic carbocycles. The summed E-state index contributed by atoms with van der Waals surface area (Å²) in [7, 11) is 0. The van der Waals surface area contributed by atoms with Gasteiger partial charge in [0.05, 0.1) is 0 Å². The van der Waals surface area contributed by atoms with Gasteiger partial charge in [0.1, 0.15) is 18.0 Å². The zero-order valence-corrected chi connectivity index (χ0v) is 14.2. The van der Waals surface area contributed by atoms with E-state index >= 15 is 0 Å². The van der Waals surface area contributed by atoms with Crippen LogP contribution in [0.1, 0.15) is 26.3 Å². The summed E-state index contributed by atoms with van der Waals surface area (Å²) in [6, 6.07) is 20.3. The van der Waals surface area contributed by atoms with E-state index in [1.165, 1.54) is 5.56 Å². The summed E-state index contributed by atoms with van der Waals surface area (Å²) < 4.78 is 0. The molecule has 4 nitrogen and oxygen atoms in total. The molecule has 0 fully saturated rings. The molecule has 0 amide bonds. The van der Waals surface area contributed by atoms with E-state index < -0.39 is 0 Å². The van der Waals surface area contributed by atoms with Gasteiger partial charge in [-0.05, 0) is 35.2 Å². The number of hydrogen-bond donors (Lipinski definition) is 2. The van der Waals surface area contributed by atoms with Crippen LogP contribution in [0.15, 0.2) is 67.0 Å². The minimum Gasteiger partial charge on any atom is -0.340 e. The predicted molar refractivity (Wildman–Crippen MR) is 100 cm³/mol. The van der Waals surface area contributed by atoms with Gasteiger partial charge in [-0.25, -0.2) is 9.97 Å². The first-order valence-corrected chi connectivity index (χ1v) is 8.02. The molecule has 3 rings (SSSR count). The van der Waals surface area contributed by atoms with Crippen molar-refractivity contribution in [3.05, 3.63) is 72.6 Å². The van der Waals surface area contributed by atoms with Crippen LogP contribution < -0.4 is 10.6 Å². The van der Waals surface area contributed by atoms with E-state index in [0.717, 1.165) is 23.0 Å². The van der Waals surface area contributed by atoms with Gasteiger partial charge in [-0.2, -0.15) is 0 Å². The highest BCUT2D eigenvalue weighted by molar-refractivity contribution is 5.62. The summed E-state index contributed by atoms with van der Waals surface area (Å²) in [5, 5.41) is 6.59. The second kappa shape index (κ2) is 6.71. The second-order valence-electron chi connectivity index (χ2n) is 6.73. The van der Waals surface area contributed by atoms with Crippen LogP contribution in [-0.2, 0) is 5.41 Å². The van der Waals surface area contributed by atoms with Crippen molar-refractivity contribution in [1.29, 1.82) is 0 Å². The highest BCUT2D eigenvalue weighted by Crippen LogP contribution is 2.25. The van der Waals surface area contributed by atoms with Crippen LogP contribution in [0.25, 0.3) is 0 Å². The topological polar surface area (TPSA) is 49.8 Å². The standard InChI is InChI=1S/C20H22N4/c1-20(2,3)15-9-11-17(12-10-15)24-19-13-18(21-14-22-19)23-16-7-5-4-6-8-16/h4-14H,1-3H3,(H2,21,22,23,24). The average Bonchev–Trinajstić information content (AvgIpc) is 2.56. The molecular weight excluding hydrogens is 296 g/mol. The number of hydrogen-bond acceptors (Lipinski definition) is 4. The Kier molecular flexibility index (Phi) is 4.47. The Bertz CT molecular complexity index is 790. The van der Waals surface area contributed by atoms with Crippen LogP contribution in [0, 0.1) is 0 Å². The number of rotatable bonds is 4. The lowest BCUT2D eigenvalue weighted by atomic mass is 9.87. The SMILES string of the molecule is CC(C)(C)c1ccc(Nc2cc(Nc3ccccc3)ncn2)cc1. The largest absolute Gasteiger partial charge is 0.340 e. The average molecular weight is 318 g/mol. The Hall–Kier alpha value is -2.88. The summed E-state index contributed by atoms with van der Waals surface area (Å²) in [6.07, 6.45) is 1.55. The van der Waals surface area contributed by atoms with Crippen molar-refractivity contribution in [2.24, 2.45) is 0 Å². The van der Waals surface area contributed by atoms with Gasteiger partial charge in [-0.1, -0.05) is 51.1 Å². The van der Waals surface area contributed by atoms with Crippen LogP contribution in [0.2, 0.25) is 0 Å². The minimum atomic E-state index is 0.153. The molecule has 0 unspecified atom stereocenters. The maximum absolute atomic E-state index is 4.29. The fourth-order valence-corrected chi connectivity index (χ4v) is 2.36. The van der Waals surface area contributed by atoms with Gasteiger partial charge < -0.3 is 10.6 Å². The van der Waals surface area contributed by atoms with E-state index in [0.29, 0.717) is 0 Å². The Morgan fingerprint density at radius 3 is 1.79 bits per heavy atom. The Balaban J connectivity index is 1.73. The van der Waals surface area contributed by atoms with Gasteiger partial charge in [0.2, 0.25) is 0 Å². The van der Waals surface area contributed by atoms with Crippen LogP contribution in [0.3, 0.4) is 0 Å². The maximum atomic E-state index is 4.29. The van der Waals surface area contributed by atoms with E-state index in [-0.39, 0.29) is 5.41 Å². The number of para-hydroxylation sites is 1. The molecule has 0 aliphatic rings. The first-order valence-electron chi connectivity index (χ1n) is 8.02. The number of aromatic nitrogens is 2. The van der Waals surface area contributed by atoms with Gasteiger partial charge in [0.15, 0.2) is 0 Å². The summed E-state index contributed by atoms with van der Waals surface area (Å²) in [6.45, 7) is 6.63. The second-order valence-corrected chi connectivity index (χ2v) is 6.73. The van der Waals surface area contributed by atoms with E-state index in [1.54, 1.807) is 6.33 Å². The minimum absolute atomic E-state index is 0.153. The highest BCUT2D eigenvalue weighted by atomic mass is 15.1. The summed E-state index contributed by atoms with van der Waals surface area (Å²) in [5.74, 6) is 1.51. The highest BCUT2D eigenvalue weighted by Gasteiger charge is 2.12. The van der Waals surface area contributed by atoms with Gasteiger partial charge in [-0.3, -0.25) is 0 Å². The number of anilines is 4. The molecule has 0 spiro atoms. The van der Waals surface area contributed by atoms with E-state index in [4.69, 9.17) is 0 Å². The van der Waals surface area contributed by atoms with E-state index in [1.807, 2.05) is 36.4 Å².